The molecule has 1 amide bonds. The maximum atomic E-state index is 11.9. The normalized spacial score (nSPS) is 27.1. The summed E-state index contributed by atoms with van der Waals surface area (Å²) in [5.41, 5.74) is 5.87. The predicted molar refractivity (Wildman–Crippen MR) is 57.7 cm³/mol. The van der Waals surface area contributed by atoms with E-state index < -0.39 is 0 Å². The molecule has 84 valence electrons. The zero-order valence-corrected chi connectivity index (χ0v) is 9.44. The molecule has 4 nitrogen and oxygen atoms in total. The molecule has 3 atom stereocenters. The number of nitrogens with zero attached hydrogens (tertiary/aromatic N) is 2. The molecular formula is C11H19N3O. The van der Waals surface area contributed by atoms with Crippen LogP contribution in [0, 0.1) is 23.2 Å². The number of hydrogen-bond acceptors (Lipinski definition) is 3. The molecule has 0 heterocycles. The first-order valence-corrected chi connectivity index (χ1v) is 5.46. The average molecular weight is 209 g/mol. The Bertz CT molecular complexity index is 271. The zero-order valence-electron chi connectivity index (χ0n) is 9.44. The second-order valence-corrected chi connectivity index (χ2v) is 4.45. The molecule has 0 bridgehead atoms. The lowest BCUT2D eigenvalue weighted by Crippen LogP contribution is -2.41. The molecule has 0 aliphatic heterocycles. The van der Waals surface area contributed by atoms with E-state index in [0.717, 1.165) is 19.3 Å². The van der Waals surface area contributed by atoms with E-state index in [9.17, 15) is 4.79 Å². The largest absolute Gasteiger partial charge is 0.344 e. The minimum absolute atomic E-state index is 0.0114. The van der Waals surface area contributed by atoms with E-state index in [0.29, 0.717) is 6.54 Å². The molecule has 1 fully saturated rings. The summed E-state index contributed by atoms with van der Waals surface area (Å²) in [6.07, 6.45) is 2.88. The number of hydrogen-bond donors (Lipinski definition) is 1. The van der Waals surface area contributed by atoms with Gasteiger partial charge in [0.15, 0.2) is 0 Å². The Morgan fingerprint density at radius 2 is 2.33 bits per heavy atom. The van der Waals surface area contributed by atoms with Crippen molar-refractivity contribution in [2.24, 2.45) is 17.6 Å². The van der Waals surface area contributed by atoms with E-state index in [1.165, 1.54) is 0 Å². The van der Waals surface area contributed by atoms with Crippen LogP contribution in [0.25, 0.3) is 0 Å². The molecular weight excluding hydrogens is 190 g/mol. The molecule has 0 aromatic heterocycles. The van der Waals surface area contributed by atoms with Crippen LogP contribution in [-0.2, 0) is 4.79 Å². The molecule has 1 aliphatic carbocycles. The van der Waals surface area contributed by atoms with Crippen LogP contribution in [0.3, 0.4) is 0 Å². The van der Waals surface area contributed by atoms with Crippen LogP contribution in [0.1, 0.15) is 26.2 Å². The highest BCUT2D eigenvalue weighted by Crippen LogP contribution is 2.25. The van der Waals surface area contributed by atoms with Gasteiger partial charge in [0.2, 0.25) is 5.91 Å². The maximum absolute atomic E-state index is 11.9. The van der Waals surface area contributed by atoms with Gasteiger partial charge < -0.3 is 10.6 Å². The molecule has 0 aromatic carbocycles. The van der Waals surface area contributed by atoms with Gasteiger partial charge in [-0.15, -0.1) is 0 Å². The molecule has 15 heavy (non-hydrogen) atoms. The van der Waals surface area contributed by atoms with E-state index in [4.69, 9.17) is 11.0 Å². The van der Waals surface area contributed by atoms with Gasteiger partial charge in [0.05, 0.1) is 17.9 Å². The van der Waals surface area contributed by atoms with E-state index in [2.05, 4.69) is 6.07 Å². The monoisotopic (exact) mass is 209 g/mol. The molecule has 1 rings (SSSR count). The van der Waals surface area contributed by atoms with E-state index >= 15 is 0 Å². The standard InChI is InChI=1S/C11H19N3O/c1-8(6-12)7-14(2)11(15)9-4-3-5-10(9)13/h8-10H,3-5,7,13H2,1-2H3. The van der Waals surface area contributed by atoms with Crippen LogP contribution in [-0.4, -0.2) is 30.4 Å². The number of nitrogens with two attached hydrogens (primary N) is 1. The Kier molecular flexibility index (Phi) is 4.10. The molecule has 0 radical (unpaired) electrons. The third-order valence-electron chi connectivity index (χ3n) is 3.03. The van der Waals surface area contributed by atoms with Crippen molar-refractivity contribution in [3.8, 4) is 6.07 Å². The highest BCUT2D eigenvalue weighted by atomic mass is 16.2. The van der Waals surface area contributed by atoms with E-state index in [1.54, 1.807) is 11.9 Å². The van der Waals surface area contributed by atoms with Crippen molar-refractivity contribution in [3.05, 3.63) is 0 Å². The average Bonchev–Trinajstić information content (AvgIpc) is 2.63. The Balaban J connectivity index is 2.49. The summed E-state index contributed by atoms with van der Waals surface area (Å²) in [6, 6.07) is 2.14. The van der Waals surface area contributed by atoms with Crippen LogP contribution in [0.4, 0.5) is 0 Å². The van der Waals surface area contributed by atoms with Gasteiger partial charge in [-0.3, -0.25) is 4.79 Å². The minimum Gasteiger partial charge on any atom is -0.344 e. The highest BCUT2D eigenvalue weighted by Gasteiger charge is 2.32. The van der Waals surface area contributed by atoms with Gasteiger partial charge in [0.1, 0.15) is 0 Å². The Morgan fingerprint density at radius 3 is 2.80 bits per heavy atom. The van der Waals surface area contributed by atoms with Crippen molar-refractivity contribution < 1.29 is 4.79 Å². The summed E-state index contributed by atoms with van der Waals surface area (Å²) < 4.78 is 0. The van der Waals surface area contributed by atoms with Gasteiger partial charge in [-0.2, -0.15) is 5.26 Å². The van der Waals surface area contributed by atoms with Gasteiger partial charge in [0.25, 0.3) is 0 Å². The van der Waals surface area contributed by atoms with E-state index in [1.807, 2.05) is 6.92 Å². The van der Waals surface area contributed by atoms with Crippen LogP contribution in [0.15, 0.2) is 0 Å². The third kappa shape index (κ3) is 2.93. The van der Waals surface area contributed by atoms with Gasteiger partial charge in [-0.1, -0.05) is 6.42 Å². The van der Waals surface area contributed by atoms with E-state index in [-0.39, 0.29) is 23.8 Å². The van der Waals surface area contributed by atoms with Gasteiger partial charge in [-0.25, -0.2) is 0 Å². The quantitative estimate of drug-likeness (QED) is 0.745. The van der Waals surface area contributed by atoms with Crippen molar-refractivity contribution in [2.75, 3.05) is 13.6 Å². The lowest BCUT2D eigenvalue weighted by molar-refractivity contribution is -0.134. The van der Waals surface area contributed by atoms with Crippen LogP contribution < -0.4 is 5.73 Å². The molecule has 0 spiro atoms. The summed E-state index contributed by atoms with van der Waals surface area (Å²) in [5.74, 6) is -0.0421. The number of amides is 1. The number of rotatable bonds is 3. The maximum Gasteiger partial charge on any atom is 0.227 e. The molecule has 0 aromatic rings. The third-order valence-corrected chi connectivity index (χ3v) is 3.03. The second-order valence-electron chi connectivity index (χ2n) is 4.45. The first-order valence-electron chi connectivity index (χ1n) is 5.46. The molecule has 4 heteroatoms. The summed E-state index contributed by atoms with van der Waals surface area (Å²) >= 11 is 0. The fourth-order valence-corrected chi connectivity index (χ4v) is 2.12. The van der Waals surface area contributed by atoms with Gasteiger partial charge in [-0.05, 0) is 19.8 Å². The molecule has 2 N–H and O–H groups in total. The Labute approximate surface area is 91.0 Å². The number of nitriles is 1. The summed E-state index contributed by atoms with van der Waals surface area (Å²) in [7, 11) is 1.75. The van der Waals surface area contributed by atoms with Crippen LogP contribution in [0.2, 0.25) is 0 Å². The Hall–Kier alpha value is -1.08. The lowest BCUT2D eigenvalue weighted by Gasteiger charge is -2.24. The first-order chi connectivity index (χ1) is 7.06. The highest BCUT2D eigenvalue weighted by molar-refractivity contribution is 5.79. The summed E-state index contributed by atoms with van der Waals surface area (Å²) in [5, 5.41) is 8.67. The van der Waals surface area contributed by atoms with Crippen molar-refractivity contribution in [3.63, 3.8) is 0 Å². The van der Waals surface area contributed by atoms with Crippen LogP contribution in [0.5, 0.6) is 0 Å². The zero-order chi connectivity index (χ0) is 11.4. The summed E-state index contributed by atoms with van der Waals surface area (Å²) in [4.78, 5) is 13.6. The van der Waals surface area contributed by atoms with Gasteiger partial charge in [0, 0.05) is 19.6 Å². The minimum atomic E-state index is -0.114. The SMILES string of the molecule is CC(C#N)CN(C)C(=O)C1CCCC1N. The van der Waals surface area contributed by atoms with Crippen molar-refractivity contribution in [1.82, 2.24) is 4.90 Å². The fraction of sp³-hybridized carbons (Fsp3) is 0.818. The first kappa shape index (κ1) is 12.0. The molecule has 1 aliphatic rings. The van der Waals surface area contributed by atoms with Gasteiger partial charge >= 0.3 is 0 Å². The number of carbonyl (C=O) groups excluding carboxylic acids is 1. The molecule has 3 unspecified atom stereocenters. The molecule has 1 saturated carbocycles. The van der Waals surface area contributed by atoms with Crippen LogP contribution >= 0.6 is 0 Å². The van der Waals surface area contributed by atoms with Crippen molar-refractivity contribution in [2.45, 2.75) is 32.2 Å². The lowest BCUT2D eigenvalue weighted by atomic mass is 10.0. The summed E-state index contributed by atoms with van der Waals surface area (Å²) in [6.45, 7) is 2.32. The topological polar surface area (TPSA) is 70.1 Å². The fourth-order valence-electron chi connectivity index (χ4n) is 2.12. The number of carbonyl (C=O) groups is 1. The van der Waals surface area contributed by atoms with Crippen molar-refractivity contribution in [1.29, 1.82) is 5.26 Å². The predicted octanol–water partition coefficient (Wildman–Crippen LogP) is 0.732. The smallest absolute Gasteiger partial charge is 0.227 e. The Morgan fingerprint density at radius 1 is 1.67 bits per heavy atom. The van der Waals surface area contributed by atoms with Crippen molar-refractivity contribution >= 4 is 5.91 Å². The second kappa shape index (κ2) is 5.13. The molecule has 0 saturated heterocycles.